The minimum absolute atomic E-state index is 0.211. The summed E-state index contributed by atoms with van der Waals surface area (Å²) in [5.41, 5.74) is 0. The lowest BCUT2D eigenvalue weighted by Gasteiger charge is -2.00. The summed E-state index contributed by atoms with van der Waals surface area (Å²) in [6.45, 7) is 3.68. The lowest BCUT2D eigenvalue weighted by molar-refractivity contribution is -0.258. The highest BCUT2D eigenvalue weighted by Gasteiger charge is 2.06. The van der Waals surface area contributed by atoms with Crippen LogP contribution in [0.3, 0.4) is 0 Å². The van der Waals surface area contributed by atoms with Crippen LogP contribution in [0.25, 0.3) is 0 Å². The number of unbranched alkanes of at least 4 members (excludes halogenated alkanes) is 2. The highest BCUT2D eigenvalue weighted by atomic mass is 17.2. The summed E-state index contributed by atoms with van der Waals surface area (Å²) in [4.78, 5) is 29.8. The predicted octanol–water partition coefficient (Wildman–Crippen LogP) is 1.98. The summed E-state index contributed by atoms with van der Waals surface area (Å²) < 4.78 is 0. The molecule has 0 heterocycles. The molecule has 0 rings (SSSR count). The fourth-order valence-corrected chi connectivity index (χ4v) is 0.713. The summed E-state index contributed by atoms with van der Waals surface area (Å²) in [7, 11) is 0. The van der Waals surface area contributed by atoms with E-state index in [0.717, 1.165) is 19.3 Å². The number of hydrogen-bond acceptors (Lipinski definition) is 4. The summed E-state index contributed by atoms with van der Waals surface area (Å²) in [5, 5.41) is 0. The van der Waals surface area contributed by atoms with Gasteiger partial charge in [-0.15, -0.1) is 0 Å². The Labute approximate surface area is 78.1 Å². The van der Waals surface area contributed by atoms with Crippen molar-refractivity contribution in [3.63, 3.8) is 0 Å². The van der Waals surface area contributed by atoms with Gasteiger partial charge in [-0.25, -0.2) is 19.4 Å². The van der Waals surface area contributed by atoms with Crippen molar-refractivity contribution in [3.8, 4) is 0 Å². The number of hydrogen-bond donors (Lipinski definition) is 0. The first kappa shape index (κ1) is 11.9. The zero-order chi connectivity index (χ0) is 10.1. The maximum absolute atomic E-state index is 10.8. The quantitative estimate of drug-likeness (QED) is 0.376. The normalized spacial score (nSPS) is 9.38. The third-order valence-electron chi connectivity index (χ3n) is 1.50. The van der Waals surface area contributed by atoms with Gasteiger partial charge in [0, 0.05) is 6.42 Å². The van der Waals surface area contributed by atoms with Crippen LogP contribution in [0, 0.1) is 0 Å². The molecule has 0 bridgehead atoms. The van der Waals surface area contributed by atoms with Crippen molar-refractivity contribution < 1.29 is 19.4 Å². The third-order valence-corrected chi connectivity index (χ3v) is 1.50. The molecule has 13 heavy (non-hydrogen) atoms. The molecule has 0 unspecified atom stereocenters. The van der Waals surface area contributed by atoms with E-state index >= 15 is 0 Å². The first-order valence-electron chi connectivity index (χ1n) is 4.60. The van der Waals surface area contributed by atoms with Crippen LogP contribution in [-0.2, 0) is 19.4 Å². The molecule has 0 atom stereocenters. The van der Waals surface area contributed by atoms with Gasteiger partial charge in [0.1, 0.15) is 0 Å². The Morgan fingerprint density at radius 1 is 1.00 bits per heavy atom. The Kier molecular flexibility index (Phi) is 6.96. The van der Waals surface area contributed by atoms with Crippen molar-refractivity contribution >= 4 is 11.9 Å². The van der Waals surface area contributed by atoms with Gasteiger partial charge in [0.2, 0.25) is 0 Å². The van der Waals surface area contributed by atoms with Crippen LogP contribution < -0.4 is 0 Å². The summed E-state index contributed by atoms with van der Waals surface area (Å²) in [5.74, 6) is -1.00. The molecular formula is C9H16O4. The molecule has 0 radical (unpaired) electrons. The van der Waals surface area contributed by atoms with Gasteiger partial charge >= 0.3 is 11.9 Å². The standard InChI is InChI=1S/C9H16O4/c1-3-5-6-7-9(11)13-12-8(10)4-2/h3-7H2,1-2H3. The Morgan fingerprint density at radius 2 is 1.62 bits per heavy atom. The minimum Gasteiger partial charge on any atom is -0.247 e. The topological polar surface area (TPSA) is 52.6 Å². The van der Waals surface area contributed by atoms with E-state index in [1.807, 2.05) is 6.92 Å². The highest BCUT2D eigenvalue weighted by Crippen LogP contribution is 2.00. The summed E-state index contributed by atoms with van der Waals surface area (Å²) in [6.07, 6.45) is 3.32. The molecule has 0 N–H and O–H groups in total. The van der Waals surface area contributed by atoms with Crippen LogP contribution in [0.1, 0.15) is 46.0 Å². The lowest BCUT2D eigenvalue weighted by Crippen LogP contribution is -2.09. The number of carbonyl (C=O) groups excluding carboxylic acids is 2. The minimum atomic E-state index is -0.524. The average Bonchev–Trinajstić information content (AvgIpc) is 2.14. The molecule has 0 aromatic rings. The van der Waals surface area contributed by atoms with E-state index in [-0.39, 0.29) is 6.42 Å². The van der Waals surface area contributed by atoms with Crippen LogP contribution in [-0.4, -0.2) is 11.9 Å². The summed E-state index contributed by atoms with van der Waals surface area (Å²) in [6, 6.07) is 0. The lowest BCUT2D eigenvalue weighted by atomic mass is 10.2. The Balaban J connectivity index is 3.35. The molecule has 0 fully saturated rings. The molecule has 0 aliphatic heterocycles. The number of rotatable bonds is 5. The predicted molar refractivity (Wildman–Crippen MR) is 46.6 cm³/mol. The fourth-order valence-electron chi connectivity index (χ4n) is 0.713. The van der Waals surface area contributed by atoms with Crippen LogP contribution in [0.4, 0.5) is 0 Å². The number of carbonyl (C=O) groups is 2. The second-order valence-corrected chi connectivity index (χ2v) is 2.72. The molecule has 76 valence electrons. The molecule has 0 aromatic heterocycles. The van der Waals surface area contributed by atoms with Crippen molar-refractivity contribution in [1.82, 2.24) is 0 Å². The van der Waals surface area contributed by atoms with Gasteiger partial charge in [-0.1, -0.05) is 26.7 Å². The second-order valence-electron chi connectivity index (χ2n) is 2.72. The second kappa shape index (κ2) is 7.58. The zero-order valence-electron chi connectivity index (χ0n) is 8.17. The van der Waals surface area contributed by atoms with E-state index in [2.05, 4.69) is 9.78 Å². The van der Waals surface area contributed by atoms with Gasteiger partial charge in [-0.3, -0.25) is 0 Å². The molecule has 0 aromatic carbocycles. The van der Waals surface area contributed by atoms with Crippen molar-refractivity contribution in [1.29, 1.82) is 0 Å². The van der Waals surface area contributed by atoms with Gasteiger partial charge in [0.05, 0.1) is 6.42 Å². The maximum Gasteiger partial charge on any atom is 0.355 e. The smallest absolute Gasteiger partial charge is 0.247 e. The zero-order valence-corrected chi connectivity index (χ0v) is 8.17. The Bertz CT molecular complexity index is 165. The Hall–Kier alpha value is -1.06. The monoisotopic (exact) mass is 188 g/mol. The van der Waals surface area contributed by atoms with E-state index in [9.17, 15) is 9.59 Å². The molecule has 0 saturated carbocycles. The van der Waals surface area contributed by atoms with Gasteiger partial charge in [-0.2, -0.15) is 0 Å². The van der Waals surface area contributed by atoms with E-state index < -0.39 is 11.9 Å². The molecule has 4 heteroatoms. The average molecular weight is 188 g/mol. The van der Waals surface area contributed by atoms with Gasteiger partial charge in [0.25, 0.3) is 0 Å². The molecule has 0 aliphatic rings. The van der Waals surface area contributed by atoms with Gasteiger partial charge in [-0.05, 0) is 6.42 Å². The van der Waals surface area contributed by atoms with Crippen LogP contribution in [0.5, 0.6) is 0 Å². The van der Waals surface area contributed by atoms with Crippen LogP contribution >= 0.6 is 0 Å². The molecule has 0 amide bonds. The molecule has 0 spiro atoms. The van der Waals surface area contributed by atoms with Crippen LogP contribution in [0.15, 0.2) is 0 Å². The van der Waals surface area contributed by atoms with Crippen molar-refractivity contribution in [3.05, 3.63) is 0 Å². The SMILES string of the molecule is CCCCCC(=O)OOC(=O)CC. The fraction of sp³-hybridized carbons (Fsp3) is 0.778. The largest absolute Gasteiger partial charge is 0.355 e. The van der Waals surface area contributed by atoms with Crippen molar-refractivity contribution in [2.24, 2.45) is 0 Å². The molecule has 0 saturated heterocycles. The molecular weight excluding hydrogens is 172 g/mol. The van der Waals surface area contributed by atoms with Crippen molar-refractivity contribution in [2.45, 2.75) is 46.0 Å². The third kappa shape index (κ3) is 7.31. The van der Waals surface area contributed by atoms with Gasteiger partial charge in [0.15, 0.2) is 0 Å². The van der Waals surface area contributed by atoms with Crippen LogP contribution in [0.2, 0.25) is 0 Å². The Morgan fingerprint density at radius 3 is 2.15 bits per heavy atom. The van der Waals surface area contributed by atoms with E-state index in [1.165, 1.54) is 0 Å². The summed E-state index contributed by atoms with van der Waals surface area (Å²) >= 11 is 0. The van der Waals surface area contributed by atoms with Crippen molar-refractivity contribution in [2.75, 3.05) is 0 Å². The maximum atomic E-state index is 10.8. The highest BCUT2D eigenvalue weighted by molar-refractivity contribution is 5.72. The molecule has 0 aliphatic carbocycles. The first-order chi connectivity index (χ1) is 6.20. The van der Waals surface area contributed by atoms with E-state index in [4.69, 9.17) is 0 Å². The van der Waals surface area contributed by atoms with E-state index in [1.54, 1.807) is 6.92 Å². The van der Waals surface area contributed by atoms with E-state index in [0.29, 0.717) is 6.42 Å². The molecule has 4 nitrogen and oxygen atoms in total. The van der Waals surface area contributed by atoms with Gasteiger partial charge < -0.3 is 0 Å². The first-order valence-corrected chi connectivity index (χ1v) is 4.60.